The van der Waals surface area contributed by atoms with Gasteiger partial charge in [0.05, 0.1) is 11.1 Å². The van der Waals surface area contributed by atoms with Gasteiger partial charge in [0.15, 0.2) is 0 Å². The average Bonchev–Trinajstić information content (AvgIpc) is 3.16. The third kappa shape index (κ3) is 3.61. The first-order valence-corrected chi connectivity index (χ1v) is 6.76. The molecule has 0 bridgehead atoms. The van der Waals surface area contributed by atoms with Crippen molar-refractivity contribution >= 4 is 34.2 Å². The Morgan fingerprint density at radius 3 is 2.74 bits per heavy atom. The van der Waals surface area contributed by atoms with Crippen LogP contribution >= 0.6 is 28.3 Å². The van der Waals surface area contributed by atoms with E-state index in [2.05, 4.69) is 21.2 Å². The van der Waals surface area contributed by atoms with Gasteiger partial charge in [-0.05, 0) is 43.9 Å². The molecule has 0 aromatic heterocycles. The van der Waals surface area contributed by atoms with Gasteiger partial charge < -0.3 is 16.2 Å². The number of phenolic OH excluding ortho intramolecular Hbond substituents is 1. The Morgan fingerprint density at radius 1 is 1.58 bits per heavy atom. The van der Waals surface area contributed by atoms with Gasteiger partial charge in [-0.3, -0.25) is 4.79 Å². The molecule has 1 aromatic rings. The van der Waals surface area contributed by atoms with Crippen LogP contribution in [0.2, 0.25) is 0 Å². The van der Waals surface area contributed by atoms with E-state index in [0.717, 1.165) is 17.3 Å². The predicted octanol–water partition coefficient (Wildman–Crippen LogP) is 2.43. The second-order valence-electron chi connectivity index (χ2n) is 5.01. The molecule has 1 atom stereocenters. The van der Waals surface area contributed by atoms with Crippen LogP contribution in [0.5, 0.6) is 5.75 Å². The molecule has 2 rings (SSSR count). The van der Waals surface area contributed by atoms with E-state index in [0.29, 0.717) is 12.5 Å². The van der Waals surface area contributed by atoms with Crippen LogP contribution in [0.25, 0.3) is 0 Å². The lowest BCUT2D eigenvalue weighted by molar-refractivity contribution is 0.0895. The van der Waals surface area contributed by atoms with Gasteiger partial charge in [-0.1, -0.05) is 15.9 Å². The fraction of sp³-hybridized carbons (Fsp3) is 0.462. The van der Waals surface area contributed by atoms with Crippen LogP contribution in [0.3, 0.4) is 0 Å². The summed E-state index contributed by atoms with van der Waals surface area (Å²) in [7, 11) is 0. The summed E-state index contributed by atoms with van der Waals surface area (Å²) in [5.41, 5.74) is 5.64. The van der Waals surface area contributed by atoms with Crippen LogP contribution in [-0.4, -0.2) is 23.1 Å². The van der Waals surface area contributed by atoms with Crippen molar-refractivity contribution < 1.29 is 9.90 Å². The lowest BCUT2D eigenvalue weighted by Crippen LogP contribution is -2.53. The van der Waals surface area contributed by atoms with E-state index in [1.54, 1.807) is 12.1 Å². The number of carbonyl (C=O) groups is 1. The highest BCUT2D eigenvalue weighted by molar-refractivity contribution is 9.10. The SMILES string of the molecule is CC(CN)(NC(=O)c1cc(Br)ccc1O)C1CC1.Cl. The molecule has 0 saturated heterocycles. The van der Waals surface area contributed by atoms with Crippen molar-refractivity contribution in [2.75, 3.05) is 6.54 Å². The molecule has 106 valence electrons. The highest BCUT2D eigenvalue weighted by Crippen LogP contribution is 2.39. The number of nitrogens with one attached hydrogen (secondary N) is 1. The summed E-state index contributed by atoms with van der Waals surface area (Å²) < 4.78 is 0.756. The molecule has 1 aliphatic rings. The fourth-order valence-corrected chi connectivity index (χ4v) is 2.42. The molecule has 0 radical (unpaired) electrons. The Bertz CT molecular complexity index is 480. The lowest BCUT2D eigenvalue weighted by atomic mass is 9.95. The molecule has 1 unspecified atom stereocenters. The van der Waals surface area contributed by atoms with Gasteiger partial charge in [-0.25, -0.2) is 0 Å². The van der Waals surface area contributed by atoms with Crippen molar-refractivity contribution in [2.24, 2.45) is 11.7 Å². The molecule has 0 aliphatic heterocycles. The van der Waals surface area contributed by atoms with Crippen molar-refractivity contribution in [2.45, 2.75) is 25.3 Å². The molecule has 4 N–H and O–H groups in total. The molecule has 1 amide bonds. The van der Waals surface area contributed by atoms with Crippen molar-refractivity contribution in [3.8, 4) is 5.75 Å². The van der Waals surface area contributed by atoms with Crippen LogP contribution in [-0.2, 0) is 0 Å². The second-order valence-corrected chi connectivity index (χ2v) is 5.93. The van der Waals surface area contributed by atoms with Crippen LogP contribution in [0.1, 0.15) is 30.1 Å². The van der Waals surface area contributed by atoms with Gasteiger partial charge in [0.2, 0.25) is 0 Å². The molecule has 1 aliphatic carbocycles. The topological polar surface area (TPSA) is 75.3 Å². The van der Waals surface area contributed by atoms with Gasteiger partial charge in [0.1, 0.15) is 5.75 Å². The number of rotatable bonds is 4. The third-order valence-corrected chi connectivity index (χ3v) is 4.00. The minimum absolute atomic E-state index is 0. The zero-order valence-corrected chi connectivity index (χ0v) is 13.1. The summed E-state index contributed by atoms with van der Waals surface area (Å²) in [6.07, 6.45) is 2.19. The maximum Gasteiger partial charge on any atom is 0.255 e. The molecule has 4 nitrogen and oxygen atoms in total. The largest absolute Gasteiger partial charge is 0.507 e. The van der Waals surface area contributed by atoms with Crippen molar-refractivity contribution in [1.29, 1.82) is 0 Å². The molecule has 19 heavy (non-hydrogen) atoms. The Balaban J connectivity index is 0.00000180. The summed E-state index contributed by atoms with van der Waals surface area (Å²) in [4.78, 5) is 12.2. The van der Waals surface area contributed by atoms with Gasteiger partial charge in [-0.2, -0.15) is 0 Å². The minimum Gasteiger partial charge on any atom is -0.507 e. The van der Waals surface area contributed by atoms with Gasteiger partial charge in [0.25, 0.3) is 5.91 Å². The molecule has 6 heteroatoms. The third-order valence-electron chi connectivity index (χ3n) is 3.50. The highest BCUT2D eigenvalue weighted by Gasteiger charge is 2.41. The molecule has 1 aromatic carbocycles. The van der Waals surface area contributed by atoms with Crippen molar-refractivity contribution in [3.05, 3.63) is 28.2 Å². The number of amides is 1. The Kier molecular flexibility index (Phi) is 5.24. The number of benzene rings is 1. The van der Waals surface area contributed by atoms with E-state index in [9.17, 15) is 9.90 Å². The van der Waals surface area contributed by atoms with E-state index in [-0.39, 0.29) is 35.2 Å². The van der Waals surface area contributed by atoms with Gasteiger partial charge in [0, 0.05) is 11.0 Å². The summed E-state index contributed by atoms with van der Waals surface area (Å²) >= 11 is 3.29. The number of hydrogen-bond acceptors (Lipinski definition) is 3. The van der Waals surface area contributed by atoms with Crippen molar-refractivity contribution in [1.82, 2.24) is 5.32 Å². The van der Waals surface area contributed by atoms with Crippen LogP contribution in [0, 0.1) is 5.92 Å². The van der Waals surface area contributed by atoms with E-state index in [4.69, 9.17) is 5.73 Å². The first-order chi connectivity index (χ1) is 8.46. The highest BCUT2D eigenvalue weighted by atomic mass is 79.9. The van der Waals surface area contributed by atoms with Gasteiger partial charge >= 0.3 is 0 Å². The Morgan fingerprint density at radius 2 is 2.21 bits per heavy atom. The quantitative estimate of drug-likeness (QED) is 0.781. The monoisotopic (exact) mass is 348 g/mol. The van der Waals surface area contributed by atoms with Crippen LogP contribution in [0.4, 0.5) is 0 Å². The van der Waals surface area contributed by atoms with Crippen LogP contribution in [0.15, 0.2) is 22.7 Å². The number of nitrogens with two attached hydrogens (primary N) is 1. The predicted molar refractivity (Wildman–Crippen MR) is 80.7 cm³/mol. The zero-order chi connectivity index (χ0) is 13.3. The Hall–Kier alpha value is -0.780. The minimum atomic E-state index is -0.383. The van der Waals surface area contributed by atoms with Crippen molar-refractivity contribution in [3.63, 3.8) is 0 Å². The Labute approximate surface area is 127 Å². The first-order valence-electron chi connectivity index (χ1n) is 5.97. The molecule has 0 heterocycles. The standard InChI is InChI=1S/C13H17BrN2O2.ClH/c1-13(7-15,8-2-3-8)16-12(18)10-6-9(14)4-5-11(10)17;/h4-6,8,17H,2-3,7,15H2,1H3,(H,16,18);1H. The molecule has 1 fully saturated rings. The molecule has 0 spiro atoms. The lowest BCUT2D eigenvalue weighted by Gasteiger charge is -2.29. The summed E-state index contributed by atoms with van der Waals surface area (Å²) in [6, 6.07) is 4.79. The summed E-state index contributed by atoms with van der Waals surface area (Å²) in [5, 5.41) is 12.7. The first kappa shape index (κ1) is 16.3. The smallest absolute Gasteiger partial charge is 0.255 e. The number of phenols is 1. The zero-order valence-electron chi connectivity index (χ0n) is 10.6. The van der Waals surface area contributed by atoms with E-state index in [1.807, 2.05) is 6.92 Å². The molecular formula is C13H18BrClN2O2. The van der Waals surface area contributed by atoms with E-state index >= 15 is 0 Å². The maximum atomic E-state index is 12.2. The summed E-state index contributed by atoms with van der Waals surface area (Å²) in [6.45, 7) is 2.36. The fourth-order valence-electron chi connectivity index (χ4n) is 2.06. The normalized spacial score (nSPS) is 17.2. The number of halogens is 2. The number of carbonyl (C=O) groups excluding carboxylic acids is 1. The maximum absolute atomic E-state index is 12.2. The van der Waals surface area contributed by atoms with Crippen LogP contribution < -0.4 is 11.1 Å². The van der Waals surface area contributed by atoms with E-state index < -0.39 is 0 Å². The average molecular weight is 350 g/mol. The molecule has 1 saturated carbocycles. The number of hydrogen-bond donors (Lipinski definition) is 3. The second kappa shape index (κ2) is 6.11. The molecular weight excluding hydrogens is 332 g/mol. The van der Waals surface area contributed by atoms with E-state index in [1.165, 1.54) is 6.07 Å². The number of aromatic hydroxyl groups is 1. The summed E-state index contributed by atoms with van der Waals surface area (Å²) in [5.74, 6) is 0.139. The van der Waals surface area contributed by atoms with Gasteiger partial charge in [-0.15, -0.1) is 12.4 Å².